The summed E-state index contributed by atoms with van der Waals surface area (Å²) in [5, 5.41) is 2.79. The Balaban J connectivity index is 1.71. The van der Waals surface area contributed by atoms with Crippen LogP contribution in [0.15, 0.2) is 34.8 Å². The fourth-order valence-electron chi connectivity index (χ4n) is 2.35. The molecule has 1 N–H and O–H groups in total. The molecule has 2 aromatic rings. The van der Waals surface area contributed by atoms with Crippen molar-refractivity contribution in [3.05, 3.63) is 57.1 Å². The highest BCUT2D eigenvalue weighted by Crippen LogP contribution is 2.26. The highest BCUT2D eigenvalue weighted by Gasteiger charge is 2.06. The van der Waals surface area contributed by atoms with Gasteiger partial charge < -0.3 is 14.8 Å². The number of aryl methyl sites for hydroxylation is 4. The third-order valence-electron chi connectivity index (χ3n) is 3.95. The Labute approximate surface area is 157 Å². The molecule has 0 aliphatic heterocycles. The van der Waals surface area contributed by atoms with Crippen LogP contribution in [0.2, 0.25) is 0 Å². The molecule has 0 fully saturated rings. The predicted molar refractivity (Wildman–Crippen MR) is 104 cm³/mol. The molecular weight excluding hydrogens is 382 g/mol. The molecule has 0 aromatic heterocycles. The van der Waals surface area contributed by atoms with Crippen LogP contribution in [0.25, 0.3) is 0 Å². The predicted octanol–water partition coefficient (Wildman–Crippen LogP) is 4.26. The van der Waals surface area contributed by atoms with Crippen molar-refractivity contribution in [3.8, 4) is 11.5 Å². The number of hydrogen-bond donors (Lipinski definition) is 1. The first-order valence-electron chi connectivity index (χ1n) is 8.23. The number of ether oxygens (including phenoxy) is 2. The molecule has 25 heavy (non-hydrogen) atoms. The van der Waals surface area contributed by atoms with Crippen LogP contribution in [0.1, 0.15) is 22.3 Å². The van der Waals surface area contributed by atoms with Gasteiger partial charge in [0.2, 0.25) is 0 Å². The lowest BCUT2D eigenvalue weighted by molar-refractivity contribution is -0.123. The second-order valence-electron chi connectivity index (χ2n) is 6.10. The van der Waals surface area contributed by atoms with Crippen LogP contribution < -0.4 is 14.8 Å². The molecule has 0 unspecified atom stereocenters. The Morgan fingerprint density at radius 3 is 2.20 bits per heavy atom. The lowest BCUT2D eigenvalue weighted by atomic mass is 10.1. The third-order valence-corrected chi connectivity index (χ3v) is 5.20. The van der Waals surface area contributed by atoms with Crippen molar-refractivity contribution in [1.29, 1.82) is 0 Å². The van der Waals surface area contributed by atoms with Gasteiger partial charge in [-0.2, -0.15) is 0 Å². The van der Waals surface area contributed by atoms with E-state index in [4.69, 9.17) is 9.47 Å². The first kappa shape index (κ1) is 19.3. The highest BCUT2D eigenvalue weighted by molar-refractivity contribution is 9.10. The summed E-state index contributed by atoms with van der Waals surface area (Å²) in [5.74, 6) is 1.34. The third kappa shape index (κ3) is 5.78. The average molecular weight is 406 g/mol. The standard InChI is InChI=1S/C20H24BrNO3/c1-13-5-6-17(9-14(13)2)24-8-7-22-19(23)12-25-18-10-15(3)20(21)16(4)11-18/h5-6,9-11H,7-8,12H2,1-4H3,(H,22,23). The fraction of sp³-hybridized carbons (Fsp3) is 0.350. The summed E-state index contributed by atoms with van der Waals surface area (Å²) >= 11 is 3.51. The zero-order valence-corrected chi connectivity index (χ0v) is 16.7. The molecule has 2 aromatic carbocycles. The second kappa shape index (κ2) is 8.90. The number of nitrogens with one attached hydrogen (secondary N) is 1. The summed E-state index contributed by atoms with van der Waals surface area (Å²) in [7, 11) is 0. The van der Waals surface area contributed by atoms with Crippen LogP contribution in [0, 0.1) is 27.7 Å². The van der Waals surface area contributed by atoms with Gasteiger partial charge in [-0.1, -0.05) is 22.0 Å². The van der Waals surface area contributed by atoms with Gasteiger partial charge in [0, 0.05) is 4.47 Å². The number of carbonyl (C=O) groups excluding carboxylic acids is 1. The van der Waals surface area contributed by atoms with Crippen LogP contribution >= 0.6 is 15.9 Å². The van der Waals surface area contributed by atoms with E-state index in [1.165, 1.54) is 11.1 Å². The van der Waals surface area contributed by atoms with Gasteiger partial charge in [-0.3, -0.25) is 4.79 Å². The summed E-state index contributed by atoms with van der Waals surface area (Å²) in [6.45, 7) is 8.95. The van der Waals surface area contributed by atoms with Gasteiger partial charge in [-0.25, -0.2) is 0 Å². The van der Waals surface area contributed by atoms with E-state index < -0.39 is 0 Å². The summed E-state index contributed by atoms with van der Waals surface area (Å²) < 4.78 is 12.3. The maximum atomic E-state index is 11.9. The van der Waals surface area contributed by atoms with Gasteiger partial charge in [0.15, 0.2) is 6.61 Å². The quantitative estimate of drug-likeness (QED) is 0.700. The number of benzene rings is 2. The molecule has 0 bridgehead atoms. The number of carbonyl (C=O) groups is 1. The van der Waals surface area contributed by atoms with Crippen molar-refractivity contribution in [1.82, 2.24) is 5.32 Å². The van der Waals surface area contributed by atoms with Crippen LogP contribution in [-0.4, -0.2) is 25.7 Å². The number of amides is 1. The highest BCUT2D eigenvalue weighted by atomic mass is 79.9. The van der Waals surface area contributed by atoms with Crippen molar-refractivity contribution in [3.63, 3.8) is 0 Å². The number of rotatable bonds is 7. The molecule has 134 valence electrons. The molecule has 0 heterocycles. The molecule has 2 rings (SSSR count). The average Bonchev–Trinajstić information content (AvgIpc) is 2.57. The molecule has 1 amide bonds. The van der Waals surface area contributed by atoms with E-state index >= 15 is 0 Å². The summed E-state index contributed by atoms with van der Waals surface area (Å²) in [6.07, 6.45) is 0. The lowest BCUT2D eigenvalue weighted by Crippen LogP contribution is -2.32. The minimum Gasteiger partial charge on any atom is -0.492 e. The van der Waals surface area contributed by atoms with E-state index in [9.17, 15) is 4.79 Å². The van der Waals surface area contributed by atoms with Crippen LogP contribution in [0.3, 0.4) is 0 Å². The second-order valence-corrected chi connectivity index (χ2v) is 6.90. The molecule has 5 heteroatoms. The lowest BCUT2D eigenvalue weighted by Gasteiger charge is -2.11. The monoisotopic (exact) mass is 405 g/mol. The van der Waals surface area contributed by atoms with Crippen LogP contribution in [-0.2, 0) is 4.79 Å². The van der Waals surface area contributed by atoms with Gasteiger partial charge in [-0.15, -0.1) is 0 Å². The Morgan fingerprint density at radius 1 is 0.920 bits per heavy atom. The van der Waals surface area contributed by atoms with E-state index in [0.717, 1.165) is 21.3 Å². The molecule has 0 radical (unpaired) electrons. The maximum absolute atomic E-state index is 11.9. The van der Waals surface area contributed by atoms with Crippen molar-refractivity contribution in [2.24, 2.45) is 0 Å². The molecule has 0 saturated carbocycles. The number of hydrogen-bond acceptors (Lipinski definition) is 3. The largest absolute Gasteiger partial charge is 0.492 e. The fourth-order valence-corrected chi connectivity index (χ4v) is 2.58. The molecular formula is C20H24BrNO3. The maximum Gasteiger partial charge on any atom is 0.258 e. The first-order valence-corrected chi connectivity index (χ1v) is 9.02. The Morgan fingerprint density at radius 2 is 1.56 bits per heavy atom. The Hall–Kier alpha value is -2.01. The summed E-state index contributed by atoms with van der Waals surface area (Å²) in [6, 6.07) is 9.78. The normalized spacial score (nSPS) is 10.4. The first-order chi connectivity index (χ1) is 11.9. The van der Waals surface area contributed by atoms with Crippen molar-refractivity contribution in [2.45, 2.75) is 27.7 Å². The SMILES string of the molecule is Cc1ccc(OCCNC(=O)COc2cc(C)c(Br)c(C)c2)cc1C. The molecule has 0 aliphatic rings. The van der Waals surface area contributed by atoms with Crippen molar-refractivity contribution < 1.29 is 14.3 Å². The van der Waals surface area contributed by atoms with Crippen molar-refractivity contribution in [2.75, 3.05) is 19.8 Å². The minimum absolute atomic E-state index is 0.00977. The van der Waals surface area contributed by atoms with E-state index in [1.807, 2.05) is 51.1 Å². The Bertz CT molecular complexity index is 736. The van der Waals surface area contributed by atoms with Crippen molar-refractivity contribution >= 4 is 21.8 Å². The van der Waals surface area contributed by atoms with Gasteiger partial charge >= 0.3 is 0 Å². The van der Waals surface area contributed by atoms with E-state index in [-0.39, 0.29) is 12.5 Å². The van der Waals surface area contributed by atoms with Crippen LogP contribution in [0.4, 0.5) is 0 Å². The minimum atomic E-state index is -0.165. The number of halogens is 1. The molecule has 0 saturated heterocycles. The van der Waals surface area contributed by atoms with Gasteiger partial charge in [0.1, 0.15) is 18.1 Å². The smallest absolute Gasteiger partial charge is 0.258 e. The Kier molecular flexibility index (Phi) is 6.88. The molecule has 0 atom stereocenters. The van der Waals surface area contributed by atoms with Crippen LogP contribution in [0.5, 0.6) is 11.5 Å². The van der Waals surface area contributed by atoms with E-state index in [2.05, 4.69) is 28.2 Å². The van der Waals surface area contributed by atoms with E-state index in [0.29, 0.717) is 18.9 Å². The molecule has 4 nitrogen and oxygen atoms in total. The summed E-state index contributed by atoms with van der Waals surface area (Å²) in [5.41, 5.74) is 4.58. The van der Waals surface area contributed by atoms with Gasteiger partial charge in [0.05, 0.1) is 6.54 Å². The zero-order valence-electron chi connectivity index (χ0n) is 15.1. The molecule has 0 aliphatic carbocycles. The topological polar surface area (TPSA) is 47.6 Å². The van der Waals surface area contributed by atoms with Gasteiger partial charge in [-0.05, 0) is 74.2 Å². The molecule has 0 spiro atoms. The van der Waals surface area contributed by atoms with Gasteiger partial charge in [0.25, 0.3) is 5.91 Å². The van der Waals surface area contributed by atoms with E-state index in [1.54, 1.807) is 0 Å². The zero-order chi connectivity index (χ0) is 18.4. The summed E-state index contributed by atoms with van der Waals surface area (Å²) in [4.78, 5) is 11.9.